The fourth-order valence-corrected chi connectivity index (χ4v) is 5.50. The Morgan fingerprint density at radius 1 is 1.14 bits per heavy atom. The number of thiazole rings is 1. The Balaban J connectivity index is 1.50. The number of ketones is 1. The first-order valence-electron chi connectivity index (χ1n) is 11.7. The molecular formula is C27H21N3O6S. The van der Waals surface area contributed by atoms with Gasteiger partial charge < -0.3 is 19.3 Å². The van der Waals surface area contributed by atoms with E-state index in [0.29, 0.717) is 58.8 Å². The molecule has 1 atom stereocenters. The second-order valence-electron chi connectivity index (χ2n) is 8.37. The monoisotopic (exact) mass is 515 g/mol. The lowest BCUT2D eigenvalue weighted by atomic mass is 9.96. The van der Waals surface area contributed by atoms with Crippen molar-refractivity contribution in [3.8, 4) is 17.2 Å². The molecule has 0 bridgehead atoms. The number of hydrogen-bond donors (Lipinski definition) is 1. The lowest BCUT2D eigenvalue weighted by Gasteiger charge is -2.23. The van der Waals surface area contributed by atoms with E-state index in [4.69, 9.17) is 14.2 Å². The Morgan fingerprint density at radius 2 is 1.97 bits per heavy atom. The molecule has 4 aromatic rings. The van der Waals surface area contributed by atoms with Gasteiger partial charge in [-0.15, -0.1) is 0 Å². The molecule has 1 amide bonds. The molecule has 2 aliphatic rings. The van der Waals surface area contributed by atoms with Crippen molar-refractivity contribution < 1.29 is 28.9 Å². The van der Waals surface area contributed by atoms with Gasteiger partial charge >= 0.3 is 5.91 Å². The van der Waals surface area contributed by atoms with Gasteiger partial charge in [0.15, 0.2) is 16.6 Å². The largest absolute Gasteiger partial charge is 0.507 e. The normalized spacial score (nSPS) is 18.4. The fourth-order valence-electron chi connectivity index (χ4n) is 4.48. The first kappa shape index (κ1) is 23.0. The summed E-state index contributed by atoms with van der Waals surface area (Å²) in [7, 11) is 0. The van der Waals surface area contributed by atoms with Crippen molar-refractivity contribution >= 4 is 44.1 Å². The Hall–Kier alpha value is -4.44. The number of carbonyl (C=O) groups is 2. The summed E-state index contributed by atoms with van der Waals surface area (Å²) < 4.78 is 17.6. The average Bonchev–Trinajstić information content (AvgIpc) is 3.46. The molecular weight excluding hydrogens is 494 g/mol. The Kier molecular flexibility index (Phi) is 5.72. The third kappa shape index (κ3) is 3.95. The summed E-state index contributed by atoms with van der Waals surface area (Å²) in [5, 5.41) is 11.7. The molecule has 0 radical (unpaired) electrons. The second kappa shape index (κ2) is 9.21. The van der Waals surface area contributed by atoms with E-state index in [2.05, 4.69) is 9.97 Å². The molecule has 0 saturated carbocycles. The Morgan fingerprint density at radius 3 is 2.76 bits per heavy atom. The van der Waals surface area contributed by atoms with E-state index in [0.717, 1.165) is 4.70 Å². The number of aliphatic hydroxyl groups is 1. The number of anilines is 1. The molecule has 4 heterocycles. The number of pyridine rings is 1. The maximum atomic E-state index is 13.4. The number of nitrogens with zero attached hydrogens (tertiary/aromatic N) is 3. The predicted molar refractivity (Wildman–Crippen MR) is 137 cm³/mol. The molecule has 1 fully saturated rings. The molecule has 186 valence electrons. The van der Waals surface area contributed by atoms with Gasteiger partial charge in [-0.2, -0.15) is 0 Å². The van der Waals surface area contributed by atoms with E-state index in [-0.39, 0.29) is 11.3 Å². The summed E-state index contributed by atoms with van der Waals surface area (Å²) in [6, 6.07) is 12.9. The summed E-state index contributed by atoms with van der Waals surface area (Å²) in [5.41, 5.74) is 1.52. The van der Waals surface area contributed by atoms with Gasteiger partial charge in [0.05, 0.1) is 28.4 Å². The number of ether oxygens (including phenoxy) is 3. The number of aromatic nitrogens is 2. The predicted octanol–water partition coefficient (Wildman–Crippen LogP) is 4.49. The number of amides is 1. The number of carbonyl (C=O) groups excluding carboxylic acids is 2. The third-order valence-electron chi connectivity index (χ3n) is 6.13. The zero-order chi connectivity index (χ0) is 25.5. The summed E-state index contributed by atoms with van der Waals surface area (Å²) in [5.74, 6) is -0.208. The number of fused-ring (bicyclic) bond motifs is 2. The van der Waals surface area contributed by atoms with Crippen LogP contribution in [0.15, 0.2) is 66.5 Å². The maximum absolute atomic E-state index is 13.4. The van der Waals surface area contributed by atoms with E-state index in [9.17, 15) is 14.7 Å². The molecule has 10 heteroatoms. The highest BCUT2D eigenvalue weighted by atomic mass is 32.1. The number of benzene rings is 2. The molecule has 2 aromatic carbocycles. The number of Topliss-reactive ketones (excluding diaryl/α,β-unsaturated/α-hetero) is 1. The van der Waals surface area contributed by atoms with Crippen LogP contribution in [0.3, 0.4) is 0 Å². The summed E-state index contributed by atoms with van der Waals surface area (Å²) >= 11 is 1.27. The first-order chi connectivity index (χ1) is 18.0. The minimum atomic E-state index is -0.922. The van der Waals surface area contributed by atoms with Gasteiger partial charge in [-0.25, -0.2) is 4.98 Å². The second-order valence-corrected chi connectivity index (χ2v) is 9.38. The summed E-state index contributed by atoms with van der Waals surface area (Å²) in [6.45, 7) is 3.22. The van der Waals surface area contributed by atoms with Gasteiger partial charge in [-0.1, -0.05) is 17.4 Å². The quantitative estimate of drug-likeness (QED) is 0.235. The van der Waals surface area contributed by atoms with E-state index < -0.39 is 17.7 Å². The molecule has 37 heavy (non-hydrogen) atoms. The highest BCUT2D eigenvalue weighted by Crippen LogP contribution is 2.45. The van der Waals surface area contributed by atoms with Crippen LogP contribution in [0.25, 0.3) is 16.0 Å². The lowest BCUT2D eigenvalue weighted by Crippen LogP contribution is -2.29. The van der Waals surface area contributed by atoms with Crippen LogP contribution in [0.2, 0.25) is 0 Å². The maximum Gasteiger partial charge on any atom is 0.301 e. The van der Waals surface area contributed by atoms with Crippen molar-refractivity contribution in [1.82, 2.24) is 9.97 Å². The zero-order valence-electron chi connectivity index (χ0n) is 19.7. The van der Waals surface area contributed by atoms with Crippen LogP contribution in [-0.2, 0) is 9.59 Å². The van der Waals surface area contributed by atoms with Gasteiger partial charge in [-0.05, 0) is 55.0 Å². The number of hydrogen-bond acceptors (Lipinski definition) is 9. The van der Waals surface area contributed by atoms with Gasteiger partial charge in [0, 0.05) is 18.0 Å². The third-order valence-corrected chi connectivity index (χ3v) is 7.14. The first-order valence-corrected chi connectivity index (χ1v) is 12.5. The van der Waals surface area contributed by atoms with E-state index >= 15 is 0 Å². The fraction of sp³-hybridized carbons (Fsp3) is 0.185. The van der Waals surface area contributed by atoms with Crippen molar-refractivity contribution in [3.05, 3.63) is 77.6 Å². The zero-order valence-corrected chi connectivity index (χ0v) is 20.5. The molecule has 9 nitrogen and oxygen atoms in total. The van der Waals surface area contributed by atoms with Gasteiger partial charge in [0.1, 0.15) is 24.7 Å². The van der Waals surface area contributed by atoms with Crippen molar-refractivity contribution in [2.45, 2.75) is 13.0 Å². The molecule has 0 aliphatic carbocycles. The van der Waals surface area contributed by atoms with Crippen LogP contribution < -0.4 is 19.1 Å². The molecule has 6 rings (SSSR count). The van der Waals surface area contributed by atoms with Crippen LogP contribution >= 0.6 is 11.3 Å². The molecule has 2 aromatic heterocycles. The lowest BCUT2D eigenvalue weighted by molar-refractivity contribution is -0.132. The molecule has 0 spiro atoms. The number of rotatable bonds is 5. The molecule has 1 saturated heterocycles. The highest BCUT2D eigenvalue weighted by Gasteiger charge is 2.48. The standard InChI is InChI=1S/C27H21N3O6S/c1-2-34-17-6-7-18-21(13-17)37-27(29-18)30-23(16-4-3-9-28-14-16)22(25(32)26(30)33)24(31)15-5-8-19-20(12-15)36-11-10-35-19/h3-9,12-14,23,31H,2,10-11H2,1H3/t23-/m1/s1. The number of aliphatic hydroxyl groups excluding tert-OH is 1. The van der Waals surface area contributed by atoms with Crippen molar-refractivity contribution in [1.29, 1.82) is 0 Å². The van der Waals surface area contributed by atoms with Crippen LogP contribution in [0.5, 0.6) is 17.2 Å². The van der Waals surface area contributed by atoms with Crippen LogP contribution in [-0.4, -0.2) is 46.6 Å². The SMILES string of the molecule is CCOc1ccc2nc(N3C(=O)C(=O)C(=C(O)c4ccc5c(c4)OCCO5)[C@H]3c3cccnc3)sc2c1. The van der Waals surface area contributed by atoms with Crippen LogP contribution in [0, 0.1) is 0 Å². The van der Waals surface area contributed by atoms with E-state index in [1.54, 1.807) is 42.7 Å². The topological polar surface area (TPSA) is 111 Å². The van der Waals surface area contributed by atoms with E-state index in [1.807, 2.05) is 25.1 Å². The average molecular weight is 516 g/mol. The molecule has 0 unspecified atom stereocenters. The minimum absolute atomic E-state index is 0.0519. The van der Waals surface area contributed by atoms with Crippen molar-refractivity contribution in [2.75, 3.05) is 24.7 Å². The van der Waals surface area contributed by atoms with Gasteiger partial charge in [0.25, 0.3) is 5.78 Å². The van der Waals surface area contributed by atoms with Gasteiger partial charge in [0.2, 0.25) is 0 Å². The van der Waals surface area contributed by atoms with Crippen molar-refractivity contribution in [2.24, 2.45) is 0 Å². The minimum Gasteiger partial charge on any atom is -0.507 e. The van der Waals surface area contributed by atoms with Crippen LogP contribution in [0.4, 0.5) is 5.13 Å². The smallest absolute Gasteiger partial charge is 0.301 e. The molecule has 1 N–H and O–H groups in total. The van der Waals surface area contributed by atoms with Crippen molar-refractivity contribution in [3.63, 3.8) is 0 Å². The highest BCUT2D eigenvalue weighted by molar-refractivity contribution is 7.22. The van der Waals surface area contributed by atoms with Crippen LogP contribution in [0.1, 0.15) is 24.1 Å². The summed E-state index contributed by atoms with van der Waals surface area (Å²) in [4.78, 5) is 37.0. The Bertz CT molecular complexity index is 1570. The van der Waals surface area contributed by atoms with Gasteiger partial charge in [-0.3, -0.25) is 19.5 Å². The molecule has 2 aliphatic heterocycles. The van der Waals surface area contributed by atoms with E-state index in [1.165, 1.54) is 16.2 Å². The summed E-state index contributed by atoms with van der Waals surface area (Å²) in [6.07, 6.45) is 3.17. The Labute approximate surface area is 215 Å².